The molecule has 0 aliphatic heterocycles. The van der Waals surface area contributed by atoms with Crippen LogP contribution in [0.15, 0.2) is 48.5 Å². The predicted molar refractivity (Wildman–Crippen MR) is 90.6 cm³/mol. The molecule has 0 saturated carbocycles. The lowest BCUT2D eigenvalue weighted by Crippen LogP contribution is -2.09. The van der Waals surface area contributed by atoms with Crippen LogP contribution in [-0.4, -0.2) is 0 Å². The Balaban J connectivity index is 2.16. The van der Waals surface area contributed by atoms with Gasteiger partial charge in [-0.1, -0.05) is 76.2 Å². The molecule has 0 aromatic heterocycles. The molecule has 0 amide bonds. The van der Waals surface area contributed by atoms with Gasteiger partial charge in [0.2, 0.25) is 0 Å². The van der Waals surface area contributed by atoms with Crippen molar-refractivity contribution in [2.24, 2.45) is 5.41 Å². The summed E-state index contributed by atoms with van der Waals surface area (Å²) in [5, 5.41) is 0. The second-order valence-corrected chi connectivity index (χ2v) is 6.95. The Morgan fingerprint density at radius 3 is 1.81 bits per heavy atom. The van der Waals surface area contributed by atoms with E-state index in [1.807, 2.05) is 24.3 Å². The topological polar surface area (TPSA) is 4.36 Å². The smallest absolute Gasteiger partial charge is 0.187 e. The maximum atomic E-state index is 6.99. The molecule has 0 aliphatic carbocycles. The predicted octanol–water partition coefficient (Wildman–Crippen LogP) is 6.44. The summed E-state index contributed by atoms with van der Waals surface area (Å²) in [5.41, 5.74) is 4.81. The first kappa shape index (κ1) is 15.3. The number of nitrogens with zero attached hydrogens (tertiary/aromatic N) is 1. The van der Waals surface area contributed by atoms with Gasteiger partial charge in [-0.05, 0) is 34.4 Å². The average Bonchev–Trinajstić information content (AvgIpc) is 2.46. The maximum absolute atomic E-state index is 6.99. The van der Waals surface area contributed by atoms with Gasteiger partial charge in [-0.3, -0.25) is 0 Å². The van der Waals surface area contributed by atoms with Crippen LogP contribution in [0.2, 0.25) is 0 Å². The minimum absolute atomic E-state index is 0.355. The molecule has 2 aromatic rings. The Hall–Kier alpha value is -2.07. The molecule has 2 rings (SSSR count). The maximum Gasteiger partial charge on any atom is 0.187 e. The van der Waals surface area contributed by atoms with E-state index in [2.05, 4.69) is 56.8 Å². The molecule has 0 aliphatic rings. The van der Waals surface area contributed by atoms with Gasteiger partial charge in [0.1, 0.15) is 0 Å². The van der Waals surface area contributed by atoms with E-state index in [1.165, 1.54) is 17.5 Å². The van der Waals surface area contributed by atoms with E-state index < -0.39 is 0 Å². The van der Waals surface area contributed by atoms with Crippen molar-refractivity contribution >= 4 is 5.69 Å². The second-order valence-electron chi connectivity index (χ2n) is 6.95. The van der Waals surface area contributed by atoms with Crippen molar-refractivity contribution in [3.8, 4) is 11.1 Å². The second kappa shape index (κ2) is 6.14. The van der Waals surface area contributed by atoms with Gasteiger partial charge < -0.3 is 0 Å². The van der Waals surface area contributed by atoms with E-state index >= 15 is 0 Å². The fourth-order valence-electron chi connectivity index (χ4n) is 2.77. The van der Waals surface area contributed by atoms with Crippen LogP contribution in [0.4, 0.5) is 5.69 Å². The summed E-state index contributed by atoms with van der Waals surface area (Å²) in [6, 6.07) is 16.6. The van der Waals surface area contributed by atoms with E-state index in [1.54, 1.807) is 0 Å². The van der Waals surface area contributed by atoms with E-state index in [0.717, 1.165) is 5.56 Å². The molecule has 2 aromatic carbocycles. The average molecular weight is 277 g/mol. The normalized spacial score (nSPS) is 12.7. The lowest BCUT2D eigenvalue weighted by atomic mass is 9.82. The van der Waals surface area contributed by atoms with Crippen molar-refractivity contribution in [3.63, 3.8) is 0 Å². The van der Waals surface area contributed by atoms with Gasteiger partial charge in [0.05, 0.1) is 6.57 Å². The van der Waals surface area contributed by atoms with Crippen molar-refractivity contribution in [3.05, 3.63) is 65.5 Å². The molecule has 1 nitrogen and oxygen atoms in total. The molecule has 0 spiro atoms. The fraction of sp³-hybridized carbons (Fsp3) is 0.350. The van der Waals surface area contributed by atoms with E-state index in [0.29, 0.717) is 17.0 Å². The molecule has 21 heavy (non-hydrogen) atoms. The Kier molecular flexibility index (Phi) is 4.48. The molecule has 108 valence electrons. The molecule has 1 atom stereocenters. The molecule has 0 fully saturated rings. The highest BCUT2D eigenvalue weighted by molar-refractivity contribution is 5.66. The molecular weight excluding hydrogens is 254 g/mol. The van der Waals surface area contributed by atoms with Gasteiger partial charge in [0.25, 0.3) is 0 Å². The zero-order valence-corrected chi connectivity index (χ0v) is 13.4. The quantitative estimate of drug-likeness (QED) is 0.568. The van der Waals surface area contributed by atoms with E-state index in [9.17, 15) is 0 Å². The summed E-state index contributed by atoms with van der Waals surface area (Å²) in [4.78, 5) is 3.43. The zero-order valence-electron chi connectivity index (χ0n) is 13.4. The molecule has 1 heteroatoms. The Morgan fingerprint density at radius 2 is 1.38 bits per heavy atom. The van der Waals surface area contributed by atoms with Crippen LogP contribution in [0.5, 0.6) is 0 Å². The van der Waals surface area contributed by atoms with Crippen LogP contribution in [0.1, 0.15) is 45.6 Å². The molecule has 1 unspecified atom stereocenters. The van der Waals surface area contributed by atoms with Gasteiger partial charge in [-0.2, -0.15) is 0 Å². The van der Waals surface area contributed by atoms with Crippen molar-refractivity contribution in [2.75, 3.05) is 0 Å². The number of rotatable bonds is 3. The lowest BCUT2D eigenvalue weighted by Gasteiger charge is -2.23. The Morgan fingerprint density at radius 1 is 0.905 bits per heavy atom. The van der Waals surface area contributed by atoms with E-state index in [4.69, 9.17) is 6.57 Å². The highest BCUT2D eigenvalue weighted by atomic mass is 14.6. The molecule has 0 bridgehead atoms. The minimum atomic E-state index is 0.355. The fourth-order valence-corrected chi connectivity index (χ4v) is 2.77. The largest absolute Gasteiger partial charge is 0.238 e. The highest BCUT2D eigenvalue weighted by Gasteiger charge is 2.16. The van der Waals surface area contributed by atoms with Gasteiger partial charge in [-0.25, -0.2) is 4.85 Å². The molecule has 0 N–H and O–H groups in total. The Labute approximate surface area is 128 Å². The van der Waals surface area contributed by atoms with Crippen LogP contribution >= 0.6 is 0 Å². The van der Waals surface area contributed by atoms with Gasteiger partial charge in [-0.15, -0.1) is 0 Å². The monoisotopic (exact) mass is 277 g/mol. The minimum Gasteiger partial charge on any atom is -0.238 e. The first-order valence-corrected chi connectivity index (χ1v) is 7.47. The van der Waals surface area contributed by atoms with Gasteiger partial charge in [0, 0.05) is 0 Å². The number of hydrogen-bond acceptors (Lipinski definition) is 0. The summed E-state index contributed by atoms with van der Waals surface area (Å²) < 4.78 is 0. The first-order chi connectivity index (χ1) is 9.89. The van der Waals surface area contributed by atoms with Crippen molar-refractivity contribution in [1.82, 2.24) is 0 Å². The zero-order chi connectivity index (χ0) is 15.5. The summed E-state index contributed by atoms with van der Waals surface area (Å²) in [5.74, 6) is 0.573. The third-order valence-corrected chi connectivity index (χ3v) is 3.73. The molecule has 0 radical (unpaired) electrons. The van der Waals surface area contributed by atoms with Crippen molar-refractivity contribution < 1.29 is 0 Å². The summed E-state index contributed by atoms with van der Waals surface area (Å²) in [7, 11) is 0. The summed E-state index contributed by atoms with van der Waals surface area (Å²) in [6.07, 6.45) is 1.19. The third kappa shape index (κ3) is 4.20. The van der Waals surface area contributed by atoms with Gasteiger partial charge in [0.15, 0.2) is 5.69 Å². The van der Waals surface area contributed by atoms with Crippen molar-refractivity contribution in [1.29, 1.82) is 0 Å². The molecule has 0 saturated heterocycles. The molecule has 0 heterocycles. The highest BCUT2D eigenvalue weighted by Crippen LogP contribution is 2.32. The van der Waals surface area contributed by atoms with E-state index in [-0.39, 0.29) is 0 Å². The van der Waals surface area contributed by atoms with Gasteiger partial charge >= 0.3 is 0 Å². The number of benzene rings is 2. The van der Waals surface area contributed by atoms with Crippen LogP contribution in [0.25, 0.3) is 16.0 Å². The summed E-state index contributed by atoms with van der Waals surface area (Å²) in [6.45, 7) is 16.2. The van der Waals surface area contributed by atoms with Crippen molar-refractivity contribution in [2.45, 2.75) is 40.0 Å². The Bertz CT molecular complexity index is 622. The number of hydrogen-bond donors (Lipinski definition) is 0. The van der Waals surface area contributed by atoms with Crippen LogP contribution < -0.4 is 0 Å². The lowest BCUT2D eigenvalue weighted by molar-refractivity contribution is 0.349. The SMILES string of the molecule is [C-]#[N+]c1ccc(-c2ccc(C(C)CC(C)(C)C)cc2)cc1. The van der Waals surface area contributed by atoms with Crippen LogP contribution in [0, 0.1) is 12.0 Å². The van der Waals surface area contributed by atoms with Crippen LogP contribution in [0.3, 0.4) is 0 Å². The molecular formula is C20H23N. The summed E-state index contributed by atoms with van der Waals surface area (Å²) >= 11 is 0. The third-order valence-electron chi connectivity index (χ3n) is 3.73. The first-order valence-electron chi connectivity index (χ1n) is 7.47. The standard InChI is InChI=1S/C20H23N/c1-15(14-20(2,3)4)16-6-8-17(9-7-16)18-10-12-19(21-5)13-11-18/h6-13,15H,14H2,1-4H3. The van der Waals surface area contributed by atoms with Crippen LogP contribution in [-0.2, 0) is 0 Å².